The lowest BCUT2D eigenvalue weighted by molar-refractivity contribution is -0.140. The normalized spacial score (nSPS) is 27.6. The van der Waals surface area contributed by atoms with Crippen molar-refractivity contribution in [2.45, 2.75) is 46.0 Å². The van der Waals surface area contributed by atoms with Crippen molar-refractivity contribution in [3.63, 3.8) is 0 Å². The van der Waals surface area contributed by atoms with E-state index in [1.807, 2.05) is 38.1 Å². The Morgan fingerprint density at radius 1 is 1.08 bits per heavy atom. The average Bonchev–Trinajstić information content (AvgIpc) is 3.76. The summed E-state index contributed by atoms with van der Waals surface area (Å²) >= 11 is 7.87. The van der Waals surface area contributed by atoms with E-state index in [1.165, 1.54) is 16.9 Å². The van der Waals surface area contributed by atoms with Gasteiger partial charge in [0.15, 0.2) is 11.5 Å². The van der Waals surface area contributed by atoms with E-state index in [-0.39, 0.29) is 35.6 Å². The highest BCUT2D eigenvalue weighted by Crippen LogP contribution is 2.65. The Labute approximate surface area is 298 Å². The number of methoxy groups -OCH3 is 1. The molecule has 12 heteroatoms. The van der Waals surface area contributed by atoms with Crippen LogP contribution in [-0.2, 0) is 26.2 Å². The van der Waals surface area contributed by atoms with E-state index in [2.05, 4.69) is 0 Å². The minimum Gasteiger partial charge on any atom is -0.504 e. The first-order chi connectivity index (χ1) is 23.9. The van der Waals surface area contributed by atoms with E-state index in [1.54, 1.807) is 54.3 Å². The van der Waals surface area contributed by atoms with Crippen molar-refractivity contribution in [1.82, 2.24) is 14.7 Å². The molecular formula is C38H37ClN4O6S. The van der Waals surface area contributed by atoms with E-state index in [0.717, 1.165) is 26.1 Å². The summed E-state index contributed by atoms with van der Waals surface area (Å²) in [4.78, 5) is 60.7. The molecule has 2 aromatic heterocycles. The molecule has 6 atom stereocenters. The Balaban J connectivity index is 1.26. The maximum atomic E-state index is 15.0. The molecule has 8 rings (SSSR count). The van der Waals surface area contributed by atoms with Gasteiger partial charge in [0.2, 0.25) is 23.6 Å². The molecule has 4 heterocycles. The number of amides is 4. The Morgan fingerprint density at radius 3 is 2.60 bits per heavy atom. The number of halogens is 1. The van der Waals surface area contributed by atoms with Crippen LogP contribution in [0.1, 0.15) is 50.2 Å². The minimum atomic E-state index is -1.32. The number of phenols is 1. The number of hydrogen-bond acceptors (Lipinski definition) is 8. The Kier molecular flexibility index (Phi) is 7.54. The quantitative estimate of drug-likeness (QED) is 0.176. The van der Waals surface area contributed by atoms with Crippen molar-refractivity contribution in [3.05, 3.63) is 70.3 Å². The fourth-order valence-electron chi connectivity index (χ4n) is 9.24. The number of imide groups is 2. The molecule has 2 aliphatic heterocycles. The number of benzene rings is 2. The van der Waals surface area contributed by atoms with Gasteiger partial charge in [-0.3, -0.25) is 28.8 Å². The third kappa shape index (κ3) is 4.35. The highest BCUT2D eigenvalue weighted by Gasteiger charge is 2.68. The first-order valence-corrected chi connectivity index (χ1v) is 18.1. The SMILES string of the molecule is CCCN1C(=O)C2CC=C3C(CC4C(=O)N(c5cc(-c6sc7ccc(Cl)cc7c6C)nn5C)C(=O)C4(C)C3c3cccc(OC)c3O)C2C1=O. The molecule has 6 unspecified atom stereocenters. The summed E-state index contributed by atoms with van der Waals surface area (Å²) < 4.78 is 8.09. The van der Waals surface area contributed by atoms with Crippen molar-refractivity contribution >= 4 is 62.5 Å². The van der Waals surface area contributed by atoms with E-state index in [4.69, 9.17) is 21.4 Å². The molecular weight excluding hydrogens is 676 g/mol. The van der Waals surface area contributed by atoms with E-state index < -0.39 is 40.9 Å². The van der Waals surface area contributed by atoms with Gasteiger partial charge in [-0.05, 0) is 74.2 Å². The van der Waals surface area contributed by atoms with Crippen LogP contribution in [0.15, 0.2) is 54.1 Å². The fourth-order valence-corrected chi connectivity index (χ4v) is 10.6. The molecule has 1 saturated carbocycles. The van der Waals surface area contributed by atoms with Crippen molar-refractivity contribution in [2.24, 2.45) is 36.1 Å². The van der Waals surface area contributed by atoms with Crippen LogP contribution in [0.3, 0.4) is 0 Å². The van der Waals surface area contributed by atoms with Crippen molar-refractivity contribution in [2.75, 3.05) is 18.6 Å². The van der Waals surface area contributed by atoms with Crippen LogP contribution in [0.25, 0.3) is 20.7 Å². The molecule has 2 saturated heterocycles. The summed E-state index contributed by atoms with van der Waals surface area (Å²) in [6.07, 6.45) is 3.20. The molecule has 4 amide bonds. The highest BCUT2D eigenvalue weighted by atomic mass is 35.5. The molecule has 10 nitrogen and oxygen atoms in total. The van der Waals surface area contributed by atoms with Gasteiger partial charge in [-0.1, -0.05) is 42.3 Å². The fraction of sp³-hybridized carbons (Fsp3) is 0.395. The summed E-state index contributed by atoms with van der Waals surface area (Å²) in [5.41, 5.74) is 1.57. The first kappa shape index (κ1) is 32.7. The van der Waals surface area contributed by atoms with Crippen LogP contribution in [0, 0.1) is 36.0 Å². The number of allylic oxidation sites excluding steroid dienone is 2. The van der Waals surface area contributed by atoms with E-state index >= 15 is 4.79 Å². The number of likely N-dealkylation sites (tertiary alicyclic amines) is 1. The first-order valence-electron chi connectivity index (χ1n) is 16.9. The molecule has 2 aliphatic carbocycles. The Bertz CT molecular complexity index is 2190. The van der Waals surface area contributed by atoms with Crippen LogP contribution in [0.4, 0.5) is 5.82 Å². The second-order valence-corrected chi connectivity index (χ2v) is 15.6. The van der Waals surface area contributed by atoms with Gasteiger partial charge in [0.25, 0.3) is 0 Å². The maximum absolute atomic E-state index is 15.0. The number of thiophene rings is 1. The van der Waals surface area contributed by atoms with Crippen LogP contribution >= 0.6 is 22.9 Å². The predicted molar refractivity (Wildman–Crippen MR) is 190 cm³/mol. The topological polar surface area (TPSA) is 122 Å². The number of hydrogen-bond donors (Lipinski definition) is 1. The van der Waals surface area contributed by atoms with Gasteiger partial charge in [0.1, 0.15) is 11.5 Å². The lowest BCUT2D eigenvalue weighted by atomic mass is 9.51. The minimum absolute atomic E-state index is 0.119. The largest absolute Gasteiger partial charge is 0.504 e. The van der Waals surface area contributed by atoms with Gasteiger partial charge in [0.05, 0.1) is 35.2 Å². The third-order valence-corrected chi connectivity index (χ3v) is 13.1. The van der Waals surface area contributed by atoms with Crippen molar-refractivity contribution < 1.29 is 29.0 Å². The smallest absolute Gasteiger partial charge is 0.242 e. The molecule has 4 aliphatic rings. The zero-order valence-electron chi connectivity index (χ0n) is 28.4. The van der Waals surface area contributed by atoms with Gasteiger partial charge >= 0.3 is 0 Å². The second-order valence-electron chi connectivity index (χ2n) is 14.1. The molecule has 258 valence electrons. The zero-order chi connectivity index (χ0) is 35.4. The molecule has 2 aromatic carbocycles. The van der Waals surface area contributed by atoms with Crippen molar-refractivity contribution in [1.29, 1.82) is 0 Å². The number of aromatic hydroxyl groups is 1. The number of fused-ring (bicyclic) bond motifs is 5. The van der Waals surface area contributed by atoms with Gasteiger partial charge in [0, 0.05) is 40.9 Å². The van der Waals surface area contributed by atoms with Crippen molar-refractivity contribution in [3.8, 4) is 22.1 Å². The lowest BCUT2D eigenvalue weighted by Gasteiger charge is -2.49. The second kappa shape index (κ2) is 11.5. The number of anilines is 1. The maximum Gasteiger partial charge on any atom is 0.242 e. The standard InChI is InChI=1S/C38H37ClN4O6S/c1-6-14-42-34(45)21-12-11-20-24(30(21)36(42)47)16-25-35(46)43(37(48)38(25,3)31(20)22-8-7-9-27(49-5)32(22)44)29-17-26(40-41(29)4)33-18(2)23-15-19(39)10-13-28(23)50-33/h7-11,13,15,17,21,24-25,30-31,44H,6,12,14,16H2,1-5H3. The Morgan fingerprint density at radius 2 is 1.86 bits per heavy atom. The van der Waals surface area contributed by atoms with Gasteiger partial charge < -0.3 is 9.84 Å². The number of carbonyl (C=O) groups excluding carboxylic acids is 4. The number of para-hydroxylation sites is 1. The van der Waals surface area contributed by atoms with E-state index in [9.17, 15) is 19.5 Å². The molecule has 0 spiro atoms. The molecule has 50 heavy (non-hydrogen) atoms. The summed E-state index contributed by atoms with van der Waals surface area (Å²) in [5.74, 6) is -3.94. The molecule has 3 fully saturated rings. The summed E-state index contributed by atoms with van der Waals surface area (Å²) in [6, 6.07) is 12.7. The van der Waals surface area contributed by atoms with Crippen LogP contribution < -0.4 is 9.64 Å². The number of nitrogens with zero attached hydrogens (tertiary/aromatic N) is 4. The van der Waals surface area contributed by atoms with E-state index in [0.29, 0.717) is 41.5 Å². The number of aromatic nitrogens is 2. The number of aryl methyl sites for hydroxylation is 2. The molecule has 1 N–H and O–H groups in total. The Hall–Kier alpha value is -4.48. The number of carbonyl (C=O) groups is 4. The summed E-state index contributed by atoms with van der Waals surface area (Å²) in [5, 5.41) is 18.0. The predicted octanol–water partition coefficient (Wildman–Crippen LogP) is 6.62. The van der Waals surface area contributed by atoms with Gasteiger partial charge in [-0.2, -0.15) is 5.10 Å². The average molecular weight is 713 g/mol. The molecule has 4 aromatic rings. The van der Waals surface area contributed by atoms with Gasteiger partial charge in [-0.15, -0.1) is 11.3 Å². The number of ether oxygens (including phenoxy) is 1. The van der Waals surface area contributed by atoms with Crippen LogP contribution in [0.5, 0.6) is 11.5 Å². The lowest BCUT2D eigenvalue weighted by Crippen LogP contribution is -2.49. The summed E-state index contributed by atoms with van der Waals surface area (Å²) in [7, 11) is 3.17. The monoisotopic (exact) mass is 712 g/mol. The molecule has 0 bridgehead atoms. The molecule has 0 radical (unpaired) electrons. The highest BCUT2D eigenvalue weighted by molar-refractivity contribution is 7.22. The van der Waals surface area contributed by atoms with Crippen LogP contribution in [-0.4, -0.2) is 57.1 Å². The third-order valence-electron chi connectivity index (χ3n) is 11.6. The summed E-state index contributed by atoms with van der Waals surface area (Å²) in [6.45, 7) is 6.07. The van der Waals surface area contributed by atoms with Gasteiger partial charge in [-0.25, -0.2) is 4.90 Å². The number of phenolic OH excluding ortho intramolecular Hbond substituents is 1. The number of rotatable bonds is 6. The van der Waals surface area contributed by atoms with Crippen LogP contribution in [0.2, 0.25) is 5.02 Å². The zero-order valence-corrected chi connectivity index (χ0v) is 30.0.